The fourth-order valence-electron chi connectivity index (χ4n) is 20.8. The van der Waals surface area contributed by atoms with Crippen LogP contribution in [0, 0.1) is 0 Å². The molecular weight excluding hydrogens is 1800 g/mol. The number of hydrogen-bond donors (Lipinski definition) is 0. The Kier molecular flexibility index (Phi) is 26.1. The van der Waals surface area contributed by atoms with Crippen LogP contribution in [-0.2, 0) is 69.0 Å². The highest BCUT2D eigenvalue weighted by Gasteiger charge is 2.50. The zero-order valence-corrected chi connectivity index (χ0v) is 80.8. The minimum Gasteiger partial charge on any atom is -0.491 e. The smallest absolute Gasteiger partial charge is 0.120 e. The van der Waals surface area contributed by atoms with E-state index < -0.39 is 16.2 Å². The van der Waals surface area contributed by atoms with E-state index in [1.807, 2.05) is 24.3 Å². The topological polar surface area (TPSA) is 193 Å². The summed E-state index contributed by atoms with van der Waals surface area (Å²) < 4.78 is 100. The van der Waals surface area contributed by atoms with Gasteiger partial charge in [-0.2, -0.15) is 0 Å². The molecule has 8 atom stereocenters. The first-order chi connectivity index (χ1) is 71.0. The molecule has 8 saturated heterocycles. The third-order valence-electron chi connectivity index (χ3n) is 29.1. The van der Waals surface area contributed by atoms with Crippen molar-refractivity contribution in [3.63, 3.8) is 0 Å². The van der Waals surface area contributed by atoms with Crippen LogP contribution >= 0.6 is 0 Å². The Labute approximate surface area is 839 Å². The van der Waals surface area contributed by atoms with Gasteiger partial charge < -0.3 is 85.3 Å². The second kappa shape index (κ2) is 40.7. The van der Waals surface area contributed by atoms with Crippen LogP contribution in [0.1, 0.15) is 91.7 Å². The summed E-state index contributed by atoms with van der Waals surface area (Å²) in [6.07, 6.45) is 2.04. The van der Waals surface area contributed by atoms with Gasteiger partial charge in [-0.05, 0) is 242 Å². The standard InChI is InChI=1S/C39H30O4.C35H34O6.C31H26O4.C21H24O4/c1-3-7-37-35(5-1)36-6-2-4-8-38(36)39(37,29-13-9-27-19-31(15-11-25(27)17-29)40-21-33-23-42-33)30-14-10-28-20-32(16-12-26(28)18-30)41-22-34-24-43-34;1-3-7-33-31(5-1)32-6-2-4-8-34(32)35(33,25-9-13-27(14-10-25)38-19-17-36-21-29-23-40-29)26-11-15-28(16-12-26)39-20-18-37-22-30-24-41-30;1-3-7-29-27(5-1)28-6-2-4-8-30(28)31(29,21-9-13-23(14-10-21)32-17-25-19-34-25)22-11-15-24(16-12-22)33-18-26-20-35-26;1-21(2,15-3-7-17(8-4-15)22-11-19-13-24-19)16-5-9-18(10-6-16)23-12-20-14-25-20/h1-20,33-34H,21-24H2;1-16,29-30H,17-24H2;1-16,25-26H,17-20H2;3-10,19-20H,11-14H2,1-2H3. The summed E-state index contributed by atoms with van der Waals surface area (Å²) in [7, 11) is 0. The van der Waals surface area contributed by atoms with Crippen molar-refractivity contribution in [3.8, 4) is 79.4 Å². The lowest BCUT2D eigenvalue weighted by Gasteiger charge is -2.34. The molecule has 27 rings (SSSR count). The lowest BCUT2D eigenvalue weighted by atomic mass is 9.67. The molecule has 8 heterocycles. The summed E-state index contributed by atoms with van der Waals surface area (Å²) in [4.78, 5) is 0. The van der Waals surface area contributed by atoms with Crippen LogP contribution in [-0.4, -0.2) is 181 Å². The van der Waals surface area contributed by atoms with Gasteiger partial charge in [-0.1, -0.05) is 269 Å². The highest BCUT2D eigenvalue weighted by molar-refractivity contribution is 5.93. The molecule has 8 unspecified atom stereocenters. The van der Waals surface area contributed by atoms with E-state index in [2.05, 4.69) is 354 Å². The Balaban J connectivity index is 0.000000105. The zero-order chi connectivity index (χ0) is 96.4. The van der Waals surface area contributed by atoms with E-state index in [0.29, 0.717) is 79.3 Å². The first-order valence-corrected chi connectivity index (χ1v) is 50.4. The molecule has 0 spiro atoms. The van der Waals surface area contributed by atoms with Gasteiger partial charge in [0.25, 0.3) is 0 Å². The van der Waals surface area contributed by atoms with Crippen molar-refractivity contribution in [2.75, 3.05) is 132 Å². The van der Waals surface area contributed by atoms with Gasteiger partial charge in [-0.25, -0.2) is 0 Å². The van der Waals surface area contributed by atoms with Crippen LogP contribution < -0.4 is 37.9 Å². The van der Waals surface area contributed by atoms with E-state index in [4.69, 9.17) is 85.3 Å². The minimum atomic E-state index is -0.467. The van der Waals surface area contributed by atoms with Crippen LogP contribution in [0.2, 0.25) is 0 Å². The zero-order valence-electron chi connectivity index (χ0n) is 80.8. The van der Waals surface area contributed by atoms with Crippen molar-refractivity contribution in [2.24, 2.45) is 0 Å². The number of hydrogen-bond acceptors (Lipinski definition) is 18. The molecule has 0 aromatic heterocycles. The van der Waals surface area contributed by atoms with Crippen molar-refractivity contribution in [1.29, 1.82) is 0 Å². The number of ether oxygens (including phenoxy) is 18. The number of fused-ring (bicyclic) bond motifs is 11. The summed E-state index contributed by atoms with van der Waals surface area (Å²) >= 11 is 0. The van der Waals surface area contributed by atoms with Gasteiger partial charge in [0.05, 0.1) is 95.5 Å². The first-order valence-electron chi connectivity index (χ1n) is 50.4. The summed E-state index contributed by atoms with van der Waals surface area (Å²) in [6, 6.07) is 130. The van der Waals surface area contributed by atoms with E-state index in [9.17, 15) is 0 Å². The largest absolute Gasteiger partial charge is 0.491 e. The number of epoxide rings is 8. The molecule has 726 valence electrons. The molecule has 0 bridgehead atoms. The van der Waals surface area contributed by atoms with E-state index in [1.54, 1.807) is 0 Å². The summed E-state index contributed by atoms with van der Waals surface area (Å²) in [5, 5.41) is 4.71. The summed E-state index contributed by atoms with van der Waals surface area (Å²) in [5.74, 6) is 6.93. The van der Waals surface area contributed by atoms with Crippen molar-refractivity contribution >= 4 is 21.5 Å². The van der Waals surface area contributed by atoms with Crippen LogP contribution in [0.5, 0.6) is 46.0 Å². The minimum absolute atomic E-state index is 0.0870. The van der Waals surface area contributed by atoms with Gasteiger partial charge in [0, 0.05) is 5.41 Å². The maximum absolute atomic E-state index is 5.99. The number of rotatable bonds is 38. The van der Waals surface area contributed by atoms with E-state index in [1.165, 1.54) is 122 Å². The fourth-order valence-corrected chi connectivity index (χ4v) is 20.8. The van der Waals surface area contributed by atoms with Crippen LogP contribution in [0.3, 0.4) is 0 Å². The average Bonchev–Trinajstić information content (AvgIpc) is 1.54. The molecule has 144 heavy (non-hydrogen) atoms. The van der Waals surface area contributed by atoms with E-state index in [-0.39, 0.29) is 54.2 Å². The highest BCUT2D eigenvalue weighted by Crippen LogP contribution is 2.60. The maximum Gasteiger partial charge on any atom is 0.120 e. The molecule has 0 saturated carbocycles. The van der Waals surface area contributed by atoms with Gasteiger partial charge in [0.15, 0.2) is 0 Å². The molecule has 8 aliphatic heterocycles. The Morgan fingerprint density at radius 1 is 0.201 bits per heavy atom. The second-order valence-corrected chi connectivity index (χ2v) is 39.1. The van der Waals surface area contributed by atoms with Gasteiger partial charge in [-0.3, -0.25) is 0 Å². The SMILES string of the molecule is CC(C)(c1ccc(OCC2CO2)cc1)c1ccc(OCC2CO2)cc1.c1ccc2c(c1)-c1ccccc1C2(c1ccc(OCC2CO2)cc1)c1ccc(OCC2CO2)cc1.c1ccc2c(c1)-c1ccccc1C2(c1ccc(OCCOCC2CO2)cc1)c1ccc(OCCOCC2CO2)cc1.c1ccc2c(c1)-c1ccccc1C2(c1ccc2cc(OCC3CO3)ccc2c1)c1ccc2cc(OCC3CO3)ccc2c1. The predicted octanol–water partition coefficient (Wildman–Crippen LogP) is 22.7. The average molecular weight is 1920 g/mol. The summed E-state index contributed by atoms with van der Waals surface area (Å²) in [6.45, 7) is 17.9. The molecule has 18 heteroatoms. The highest BCUT2D eigenvalue weighted by atomic mass is 16.6. The molecule has 0 radical (unpaired) electrons. The van der Waals surface area contributed by atoms with Gasteiger partial charge in [-0.15, -0.1) is 0 Å². The van der Waals surface area contributed by atoms with Gasteiger partial charge in [0.2, 0.25) is 0 Å². The normalized spacial score (nSPS) is 20.0. The van der Waals surface area contributed by atoms with E-state index in [0.717, 1.165) is 110 Å². The lowest BCUT2D eigenvalue weighted by Crippen LogP contribution is -2.28. The van der Waals surface area contributed by atoms with Crippen LogP contribution in [0.4, 0.5) is 0 Å². The first kappa shape index (κ1) is 92.5. The van der Waals surface area contributed by atoms with E-state index >= 15 is 0 Å². The summed E-state index contributed by atoms with van der Waals surface area (Å²) in [5.41, 5.74) is 23.8. The third kappa shape index (κ3) is 19.9. The van der Waals surface area contributed by atoms with Crippen molar-refractivity contribution < 1.29 is 85.3 Å². The van der Waals surface area contributed by atoms with Crippen LogP contribution in [0.25, 0.3) is 54.9 Å². The molecule has 16 aromatic rings. The molecular formula is C126H114O18. The number of benzene rings is 16. The Morgan fingerprint density at radius 3 is 0.653 bits per heavy atom. The second-order valence-electron chi connectivity index (χ2n) is 39.1. The molecule has 3 aliphatic carbocycles. The fraction of sp³-hybridized carbons (Fsp3) is 0.270. The quantitative estimate of drug-likeness (QED) is 0.0262. The predicted molar refractivity (Wildman–Crippen MR) is 555 cm³/mol. The third-order valence-corrected chi connectivity index (χ3v) is 29.1. The van der Waals surface area contributed by atoms with Crippen molar-refractivity contribution in [3.05, 3.63) is 442 Å². The molecule has 11 aliphatic rings. The van der Waals surface area contributed by atoms with Crippen molar-refractivity contribution in [2.45, 2.75) is 84.3 Å². The molecule has 0 N–H and O–H groups in total. The molecule has 0 amide bonds. The van der Waals surface area contributed by atoms with Crippen molar-refractivity contribution in [1.82, 2.24) is 0 Å². The molecule has 18 nitrogen and oxygen atoms in total. The maximum atomic E-state index is 5.99. The van der Waals surface area contributed by atoms with Gasteiger partial charge >= 0.3 is 0 Å². The monoisotopic (exact) mass is 1910 g/mol. The lowest BCUT2D eigenvalue weighted by molar-refractivity contribution is 0.0878. The van der Waals surface area contributed by atoms with Crippen LogP contribution in [0.15, 0.2) is 364 Å². The Bertz CT molecular complexity index is 6770. The Morgan fingerprint density at radius 2 is 0.396 bits per heavy atom. The molecule has 8 fully saturated rings. The Hall–Kier alpha value is -14.0. The molecule has 16 aromatic carbocycles. The van der Waals surface area contributed by atoms with Gasteiger partial charge in [0.1, 0.15) is 148 Å².